The Labute approximate surface area is 91.9 Å². The van der Waals surface area contributed by atoms with Crippen LogP contribution in [0.15, 0.2) is 23.1 Å². The van der Waals surface area contributed by atoms with Crippen LogP contribution in [0.3, 0.4) is 0 Å². The summed E-state index contributed by atoms with van der Waals surface area (Å²) >= 11 is 0.359. The van der Waals surface area contributed by atoms with E-state index in [1.54, 1.807) is 0 Å². The van der Waals surface area contributed by atoms with Crippen LogP contribution in [0.25, 0.3) is 0 Å². The lowest BCUT2D eigenvalue weighted by Gasteiger charge is -1.99. The molecule has 86 valence electrons. The molecule has 0 fully saturated rings. The smallest absolute Gasteiger partial charge is 0.258 e. The number of hydrogen-bond donors (Lipinski definition) is 1. The standard InChI is InChI=1S/C6H4N2O7S/c9-7(10)4-1-2-6(16-15-14-13)5(3-4)8(11)12/h1-3,13H. The van der Waals surface area contributed by atoms with Crippen molar-refractivity contribution in [3.8, 4) is 0 Å². The molecule has 1 rings (SSSR count). The van der Waals surface area contributed by atoms with Gasteiger partial charge in [-0.1, -0.05) is 5.04 Å². The molecule has 16 heavy (non-hydrogen) atoms. The summed E-state index contributed by atoms with van der Waals surface area (Å²) in [5, 5.41) is 32.1. The highest BCUT2D eigenvalue weighted by molar-refractivity contribution is 7.94. The molecule has 0 saturated carbocycles. The summed E-state index contributed by atoms with van der Waals surface area (Å²) in [4.78, 5) is 19.3. The van der Waals surface area contributed by atoms with Crippen molar-refractivity contribution in [2.24, 2.45) is 0 Å². The van der Waals surface area contributed by atoms with Gasteiger partial charge in [0, 0.05) is 6.07 Å². The first-order chi connectivity index (χ1) is 7.56. The number of benzene rings is 1. The van der Waals surface area contributed by atoms with Crippen molar-refractivity contribution in [3.63, 3.8) is 0 Å². The Morgan fingerprint density at radius 2 is 1.94 bits per heavy atom. The number of nitro benzene ring substituents is 2. The number of hydrogen-bond acceptors (Lipinski definition) is 8. The van der Waals surface area contributed by atoms with Crippen molar-refractivity contribution in [1.82, 2.24) is 0 Å². The molecule has 0 aliphatic heterocycles. The van der Waals surface area contributed by atoms with Gasteiger partial charge in [-0.3, -0.25) is 20.2 Å². The number of nitro groups is 2. The van der Waals surface area contributed by atoms with Gasteiger partial charge in [-0.2, -0.15) is 0 Å². The van der Waals surface area contributed by atoms with Crippen molar-refractivity contribution < 1.29 is 24.5 Å². The van der Waals surface area contributed by atoms with E-state index in [0.29, 0.717) is 12.0 Å². The molecule has 0 aromatic heterocycles. The van der Waals surface area contributed by atoms with E-state index < -0.39 is 21.2 Å². The topological polar surface area (TPSA) is 125 Å². The monoisotopic (exact) mass is 248 g/mol. The Hall–Kier alpha value is -1.75. The molecule has 1 aromatic carbocycles. The molecule has 0 unspecified atom stereocenters. The molecule has 0 heterocycles. The highest BCUT2D eigenvalue weighted by Gasteiger charge is 2.20. The molecule has 0 saturated heterocycles. The van der Waals surface area contributed by atoms with Crippen molar-refractivity contribution in [1.29, 1.82) is 0 Å². The molecule has 1 N–H and O–H groups in total. The van der Waals surface area contributed by atoms with E-state index >= 15 is 0 Å². The third-order valence-electron chi connectivity index (χ3n) is 1.50. The molecule has 10 heteroatoms. The summed E-state index contributed by atoms with van der Waals surface area (Å²) < 4.78 is 4.01. The van der Waals surface area contributed by atoms with Gasteiger partial charge in [-0.25, -0.2) is 5.26 Å². The minimum atomic E-state index is -0.809. The van der Waals surface area contributed by atoms with E-state index in [9.17, 15) is 20.2 Å². The maximum Gasteiger partial charge on any atom is 0.292 e. The van der Waals surface area contributed by atoms with Gasteiger partial charge in [0.1, 0.15) is 4.90 Å². The molecule has 0 radical (unpaired) electrons. The third kappa shape index (κ3) is 2.87. The summed E-state index contributed by atoms with van der Waals surface area (Å²) in [6.07, 6.45) is 0. The van der Waals surface area contributed by atoms with Gasteiger partial charge >= 0.3 is 0 Å². The second-order valence-electron chi connectivity index (χ2n) is 2.39. The van der Waals surface area contributed by atoms with Crippen LogP contribution in [0, 0.1) is 20.2 Å². The lowest BCUT2D eigenvalue weighted by Crippen LogP contribution is -1.94. The zero-order valence-electron chi connectivity index (χ0n) is 7.43. The first-order valence-electron chi connectivity index (χ1n) is 3.64. The van der Waals surface area contributed by atoms with Gasteiger partial charge in [0.25, 0.3) is 11.4 Å². The van der Waals surface area contributed by atoms with Gasteiger partial charge in [-0.15, -0.1) is 4.33 Å². The Morgan fingerprint density at radius 3 is 2.44 bits per heavy atom. The fourth-order valence-electron chi connectivity index (χ4n) is 0.884. The average molecular weight is 248 g/mol. The highest BCUT2D eigenvalue weighted by Crippen LogP contribution is 2.32. The lowest BCUT2D eigenvalue weighted by molar-refractivity contribution is -0.432. The first kappa shape index (κ1) is 12.3. The van der Waals surface area contributed by atoms with E-state index in [2.05, 4.69) is 9.37 Å². The molecular formula is C6H4N2O7S. The van der Waals surface area contributed by atoms with Crippen LogP contribution in [0.1, 0.15) is 0 Å². The van der Waals surface area contributed by atoms with E-state index in [1.165, 1.54) is 0 Å². The summed E-state index contributed by atoms with van der Waals surface area (Å²) in [7, 11) is 0. The van der Waals surface area contributed by atoms with Crippen molar-refractivity contribution >= 4 is 23.4 Å². The van der Waals surface area contributed by atoms with Gasteiger partial charge < -0.3 is 0 Å². The first-order valence-corrected chi connectivity index (χ1v) is 4.38. The molecule has 0 spiro atoms. The van der Waals surface area contributed by atoms with E-state index in [1.807, 2.05) is 0 Å². The predicted octanol–water partition coefficient (Wildman–Crippen LogP) is 1.93. The zero-order valence-corrected chi connectivity index (χ0v) is 8.25. The molecule has 0 atom stereocenters. The summed E-state index contributed by atoms with van der Waals surface area (Å²) in [5.74, 6) is 0. The molecule has 0 bridgehead atoms. The van der Waals surface area contributed by atoms with Gasteiger partial charge in [0.2, 0.25) is 0 Å². The number of non-ortho nitro benzene ring substituents is 1. The van der Waals surface area contributed by atoms with Gasteiger partial charge in [-0.05, 0) is 6.07 Å². The van der Waals surface area contributed by atoms with Crippen molar-refractivity contribution in [3.05, 3.63) is 38.4 Å². The van der Waals surface area contributed by atoms with Gasteiger partial charge in [0.15, 0.2) is 0 Å². The largest absolute Gasteiger partial charge is 0.292 e. The van der Waals surface area contributed by atoms with Crippen LogP contribution in [0.4, 0.5) is 11.4 Å². The zero-order chi connectivity index (χ0) is 12.1. The average Bonchev–Trinajstić information content (AvgIpc) is 2.25. The fourth-order valence-corrected chi connectivity index (χ4v) is 1.33. The Kier molecular flexibility index (Phi) is 4.13. The van der Waals surface area contributed by atoms with Crippen LogP contribution in [-0.2, 0) is 9.37 Å². The van der Waals surface area contributed by atoms with Crippen LogP contribution in [0.5, 0.6) is 0 Å². The Morgan fingerprint density at radius 1 is 1.25 bits per heavy atom. The summed E-state index contributed by atoms with van der Waals surface area (Å²) in [6.45, 7) is 0. The van der Waals surface area contributed by atoms with Crippen LogP contribution in [-0.4, -0.2) is 15.1 Å². The normalized spacial score (nSPS) is 10.1. The Balaban J connectivity index is 3.09. The van der Waals surface area contributed by atoms with Crippen molar-refractivity contribution in [2.45, 2.75) is 4.90 Å². The third-order valence-corrected chi connectivity index (χ3v) is 2.16. The SMILES string of the molecule is O=[N+]([O-])c1ccc(SOOO)c([N+](=O)[O-])c1. The fraction of sp³-hybridized carbons (Fsp3) is 0. The highest BCUT2D eigenvalue weighted by atomic mass is 32.2. The quantitative estimate of drug-likeness (QED) is 0.362. The lowest BCUT2D eigenvalue weighted by atomic mass is 10.3. The van der Waals surface area contributed by atoms with Crippen LogP contribution in [0.2, 0.25) is 0 Å². The minimum Gasteiger partial charge on any atom is -0.258 e. The van der Waals surface area contributed by atoms with Crippen LogP contribution >= 0.6 is 12.0 Å². The molecule has 1 aromatic rings. The van der Waals surface area contributed by atoms with E-state index in [-0.39, 0.29) is 4.90 Å². The molecule has 0 aliphatic rings. The van der Waals surface area contributed by atoms with E-state index in [4.69, 9.17) is 5.26 Å². The number of rotatable bonds is 5. The number of nitrogens with zero attached hydrogens (tertiary/aromatic N) is 2. The maximum absolute atomic E-state index is 10.6. The maximum atomic E-state index is 10.6. The van der Waals surface area contributed by atoms with E-state index in [0.717, 1.165) is 18.2 Å². The molecule has 0 amide bonds. The second kappa shape index (κ2) is 5.37. The Bertz CT molecular complexity index is 423. The van der Waals surface area contributed by atoms with Crippen molar-refractivity contribution in [2.75, 3.05) is 0 Å². The van der Waals surface area contributed by atoms with Gasteiger partial charge in [0.05, 0.1) is 28.0 Å². The van der Waals surface area contributed by atoms with Crippen LogP contribution < -0.4 is 0 Å². The minimum absolute atomic E-state index is 0.0374. The predicted molar refractivity (Wildman–Crippen MR) is 50.4 cm³/mol. The second-order valence-corrected chi connectivity index (χ2v) is 3.13. The summed E-state index contributed by atoms with van der Waals surface area (Å²) in [5.41, 5.74) is -0.933. The summed E-state index contributed by atoms with van der Waals surface area (Å²) in [6, 6.07) is 2.96. The molecule has 0 aliphatic carbocycles. The molecular weight excluding hydrogens is 244 g/mol. The molecule has 9 nitrogen and oxygen atoms in total.